The third-order valence-corrected chi connectivity index (χ3v) is 4.64. The molecule has 0 aliphatic carbocycles. The van der Waals surface area contributed by atoms with E-state index >= 15 is 0 Å². The average Bonchev–Trinajstić information content (AvgIpc) is 2.71. The number of carbonyl (C=O) groups is 1. The standard InChI is InChI=1S/C21H27N3O3/c1-17-4-3-5-18(16-17)23-11-13-24(14-12-23)21(25)22-10-15-27-20-8-6-19(26-2)7-9-20/h3-9,16H,10-15H2,1-2H3,(H,22,25). The molecule has 0 saturated carbocycles. The first-order valence-electron chi connectivity index (χ1n) is 9.27. The highest BCUT2D eigenvalue weighted by molar-refractivity contribution is 5.74. The van der Waals surface area contributed by atoms with E-state index in [0.29, 0.717) is 13.2 Å². The molecule has 6 heteroatoms. The van der Waals surface area contributed by atoms with Crippen molar-refractivity contribution < 1.29 is 14.3 Å². The van der Waals surface area contributed by atoms with Gasteiger partial charge in [0.2, 0.25) is 0 Å². The van der Waals surface area contributed by atoms with Crippen molar-refractivity contribution in [3.8, 4) is 11.5 Å². The number of benzene rings is 2. The topological polar surface area (TPSA) is 54.0 Å². The van der Waals surface area contributed by atoms with Crippen molar-refractivity contribution in [3.05, 3.63) is 54.1 Å². The number of nitrogens with one attached hydrogen (secondary N) is 1. The molecule has 0 unspecified atom stereocenters. The Morgan fingerprint density at radius 3 is 2.41 bits per heavy atom. The highest BCUT2D eigenvalue weighted by Crippen LogP contribution is 2.18. The number of ether oxygens (including phenoxy) is 2. The minimum Gasteiger partial charge on any atom is -0.497 e. The summed E-state index contributed by atoms with van der Waals surface area (Å²) in [6.07, 6.45) is 0. The summed E-state index contributed by atoms with van der Waals surface area (Å²) in [5, 5.41) is 2.93. The van der Waals surface area contributed by atoms with E-state index in [1.54, 1.807) is 7.11 Å². The Morgan fingerprint density at radius 1 is 1.04 bits per heavy atom. The molecular weight excluding hydrogens is 342 g/mol. The third kappa shape index (κ3) is 5.29. The number of carbonyl (C=O) groups excluding carboxylic acids is 1. The highest BCUT2D eigenvalue weighted by atomic mass is 16.5. The molecule has 1 fully saturated rings. The first kappa shape index (κ1) is 18.9. The zero-order chi connectivity index (χ0) is 19.1. The van der Waals surface area contributed by atoms with Crippen LogP contribution in [0.2, 0.25) is 0 Å². The fraction of sp³-hybridized carbons (Fsp3) is 0.381. The summed E-state index contributed by atoms with van der Waals surface area (Å²) in [6, 6.07) is 15.9. The summed E-state index contributed by atoms with van der Waals surface area (Å²) in [6.45, 7) is 6.14. The minimum atomic E-state index is -0.0303. The number of piperazine rings is 1. The van der Waals surface area contributed by atoms with Gasteiger partial charge in [-0.15, -0.1) is 0 Å². The molecule has 0 bridgehead atoms. The Kier molecular flexibility index (Phi) is 6.41. The molecule has 27 heavy (non-hydrogen) atoms. The van der Waals surface area contributed by atoms with E-state index in [-0.39, 0.29) is 6.03 Å². The van der Waals surface area contributed by atoms with Crippen LogP contribution in [0.3, 0.4) is 0 Å². The van der Waals surface area contributed by atoms with E-state index in [4.69, 9.17) is 9.47 Å². The number of rotatable bonds is 6. The van der Waals surface area contributed by atoms with Gasteiger partial charge in [0.1, 0.15) is 18.1 Å². The van der Waals surface area contributed by atoms with Crippen LogP contribution < -0.4 is 19.7 Å². The number of nitrogens with zero attached hydrogens (tertiary/aromatic N) is 2. The lowest BCUT2D eigenvalue weighted by Gasteiger charge is -2.36. The minimum absolute atomic E-state index is 0.0303. The van der Waals surface area contributed by atoms with Crippen LogP contribution in [0.5, 0.6) is 11.5 Å². The van der Waals surface area contributed by atoms with Crippen LogP contribution in [-0.4, -0.2) is 57.4 Å². The van der Waals surface area contributed by atoms with Gasteiger partial charge in [0.05, 0.1) is 13.7 Å². The summed E-state index contributed by atoms with van der Waals surface area (Å²) < 4.78 is 10.7. The van der Waals surface area contributed by atoms with Crippen molar-refractivity contribution >= 4 is 11.7 Å². The van der Waals surface area contributed by atoms with Crippen LogP contribution >= 0.6 is 0 Å². The largest absolute Gasteiger partial charge is 0.497 e. The summed E-state index contributed by atoms with van der Waals surface area (Å²) in [4.78, 5) is 16.5. The van der Waals surface area contributed by atoms with E-state index in [0.717, 1.165) is 37.7 Å². The van der Waals surface area contributed by atoms with Gasteiger partial charge >= 0.3 is 6.03 Å². The number of anilines is 1. The molecule has 1 aliphatic rings. The molecule has 1 N–H and O–H groups in total. The van der Waals surface area contributed by atoms with Gasteiger partial charge in [-0.2, -0.15) is 0 Å². The summed E-state index contributed by atoms with van der Waals surface area (Å²) >= 11 is 0. The number of urea groups is 1. The number of amides is 2. The second-order valence-electron chi connectivity index (χ2n) is 6.57. The Balaban J connectivity index is 1.36. The van der Waals surface area contributed by atoms with Crippen LogP contribution in [0.4, 0.5) is 10.5 Å². The predicted molar refractivity (Wildman–Crippen MR) is 107 cm³/mol. The quantitative estimate of drug-likeness (QED) is 0.796. The maximum Gasteiger partial charge on any atom is 0.317 e. The smallest absolute Gasteiger partial charge is 0.317 e. The lowest BCUT2D eigenvalue weighted by atomic mass is 10.2. The molecule has 2 amide bonds. The van der Waals surface area contributed by atoms with Gasteiger partial charge < -0.3 is 24.6 Å². The average molecular weight is 369 g/mol. The van der Waals surface area contributed by atoms with E-state index in [2.05, 4.69) is 41.4 Å². The zero-order valence-corrected chi connectivity index (χ0v) is 16.0. The van der Waals surface area contributed by atoms with Gasteiger partial charge in [-0.25, -0.2) is 4.79 Å². The van der Waals surface area contributed by atoms with E-state index in [1.165, 1.54) is 11.3 Å². The highest BCUT2D eigenvalue weighted by Gasteiger charge is 2.20. The van der Waals surface area contributed by atoms with Crippen molar-refractivity contribution in [1.29, 1.82) is 0 Å². The summed E-state index contributed by atoms with van der Waals surface area (Å²) in [5.74, 6) is 1.55. The van der Waals surface area contributed by atoms with Crippen molar-refractivity contribution in [1.82, 2.24) is 10.2 Å². The first-order valence-corrected chi connectivity index (χ1v) is 9.27. The summed E-state index contributed by atoms with van der Waals surface area (Å²) in [7, 11) is 1.63. The van der Waals surface area contributed by atoms with Crippen molar-refractivity contribution in [2.24, 2.45) is 0 Å². The SMILES string of the molecule is COc1ccc(OCCNC(=O)N2CCN(c3cccc(C)c3)CC2)cc1. The maximum atomic E-state index is 12.3. The predicted octanol–water partition coefficient (Wildman–Crippen LogP) is 2.91. The van der Waals surface area contributed by atoms with Crippen molar-refractivity contribution in [2.45, 2.75) is 6.92 Å². The van der Waals surface area contributed by atoms with E-state index < -0.39 is 0 Å². The molecule has 144 valence electrons. The van der Waals surface area contributed by atoms with Crippen LogP contribution in [0.1, 0.15) is 5.56 Å². The van der Waals surface area contributed by atoms with Crippen molar-refractivity contribution in [2.75, 3.05) is 51.3 Å². The lowest BCUT2D eigenvalue weighted by molar-refractivity contribution is 0.191. The Hall–Kier alpha value is -2.89. The Morgan fingerprint density at radius 2 is 1.74 bits per heavy atom. The van der Waals surface area contributed by atoms with Gasteiger partial charge in [0, 0.05) is 31.9 Å². The Bertz CT molecular complexity index is 741. The van der Waals surface area contributed by atoms with Crippen molar-refractivity contribution in [3.63, 3.8) is 0 Å². The monoisotopic (exact) mass is 369 g/mol. The molecular formula is C21H27N3O3. The van der Waals surface area contributed by atoms with E-state index in [1.807, 2.05) is 29.2 Å². The van der Waals surface area contributed by atoms with Crippen LogP contribution in [0.25, 0.3) is 0 Å². The van der Waals surface area contributed by atoms with Crippen LogP contribution in [0, 0.1) is 6.92 Å². The van der Waals surface area contributed by atoms with E-state index in [9.17, 15) is 4.79 Å². The molecule has 2 aromatic rings. The van der Waals surface area contributed by atoms with Crippen LogP contribution in [0.15, 0.2) is 48.5 Å². The molecule has 3 rings (SSSR count). The number of methoxy groups -OCH3 is 1. The Labute approximate surface area is 160 Å². The van der Waals surface area contributed by atoms with Gasteiger partial charge in [-0.3, -0.25) is 0 Å². The molecule has 0 atom stereocenters. The lowest BCUT2D eigenvalue weighted by Crippen LogP contribution is -2.52. The normalized spacial score (nSPS) is 14.0. The van der Waals surface area contributed by atoms with Gasteiger partial charge in [0.15, 0.2) is 0 Å². The second-order valence-corrected chi connectivity index (χ2v) is 6.57. The molecule has 6 nitrogen and oxygen atoms in total. The number of aryl methyl sites for hydroxylation is 1. The molecule has 0 aromatic heterocycles. The second kappa shape index (κ2) is 9.16. The molecule has 2 aromatic carbocycles. The molecule has 0 spiro atoms. The fourth-order valence-corrected chi connectivity index (χ4v) is 3.10. The molecule has 1 aliphatic heterocycles. The first-order chi connectivity index (χ1) is 13.2. The number of hydrogen-bond donors (Lipinski definition) is 1. The summed E-state index contributed by atoms with van der Waals surface area (Å²) in [5.41, 5.74) is 2.48. The number of hydrogen-bond acceptors (Lipinski definition) is 4. The fourth-order valence-electron chi connectivity index (χ4n) is 3.10. The molecule has 1 saturated heterocycles. The van der Waals surface area contributed by atoms with Gasteiger partial charge in [-0.1, -0.05) is 12.1 Å². The third-order valence-electron chi connectivity index (χ3n) is 4.64. The maximum absolute atomic E-state index is 12.3. The zero-order valence-electron chi connectivity index (χ0n) is 16.0. The van der Waals surface area contributed by atoms with Gasteiger partial charge in [0.25, 0.3) is 0 Å². The van der Waals surface area contributed by atoms with Crippen LogP contribution in [-0.2, 0) is 0 Å². The van der Waals surface area contributed by atoms with Gasteiger partial charge in [-0.05, 0) is 48.9 Å². The molecule has 1 heterocycles. The molecule has 0 radical (unpaired) electrons.